The topological polar surface area (TPSA) is 40.5 Å². The van der Waals surface area contributed by atoms with Gasteiger partial charge in [-0.3, -0.25) is 4.79 Å². The maximum atomic E-state index is 11.7. The maximum Gasteiger partial charge on any atom is 0.314 e. The van der Waals surface area contributed by atoms with Crippen molar-refractivity contribution in [3.05, 3.63) is 35.9 Å². The van der Waals surface area contributed by atoms with Crippen LogP contribution in [-0.4, -0.2) is 35.6 Å². The smallest absolute Gasteiger partial charge is 0.314 e. The number of hydrogen-bond acceptors (Lipinski definition) is 2. The molecule has 0 spiro atoms. The number of benzene rings is 1. The molecule has 0 bridgehead atoms. The number of rotatable bonds is 4. The summed E-state index contributed by atoms with van der Waals surface area (Å²) in [6.45, 7) is 5.00. The van der Waals surface area contributed by atoms with Gasteiger partial charge in [-0.15, -0.1) is 0 Å². The summed E-state index contributed by atoms with van der Waals surface area (Å²) in [5, 5.41) is 9.64. The second kappa shape index (κ2) is 5.53. The monoisotopic (exact) mass is 247 g/mol. The molecule has 1 fully saturated rings. The summed E-state index contributed by atoms with van der Waals surface area (Å²) in [7, 11) is 0. The predicted molar refractivity (Wildman–Crippen MR) is 71.7 cm³/mol. The van der Waals surface area contributed by atoms with E-state index < -0.39 is 11.4 Å². The molecule has 3 heteroatoms. The molecule has 1 saturated heterocycles. The van der Waals surface area contributed by atoms with E-state index in [0.29, 0.717) is 12.8 Å². The van der Waals surface area contributed by atoms with Gasteiger partial charge in [-0.2, -0.15) is 0 Å². The lowest BCUT2D eigenvalue weighted by molar-refractivity contribution is -0.146. The summed E-state index contributed by atoms with van der Waals surface area (Å²) in [6.07, 6.45) is 2.56. The third kappa shape index (κ3) is 2.41. The van der Waals surface area contributed by atoms with Crippen LogP contribution in [0.4, 0.5) is 0 Å². The number of likely N-dealkylation sites (tertiary alicyclic amines) is 1. The van der Waals surface area contributed by atoms with Gasteiger partial charge in [-0.1, -0.05) is 37.3 Å². The van der Waals surface area contributed by atoms with Gasteiger partial charge in [0.15, 0.2) is 0 Å². The van der Waals surface area contributed by atoms with Crippen LogP contribution in [0.15, 0.2) is 30.3 Å². The third-order valence-electron chi connectivity index (χ3n) is 3.99. The Kier molecular flexibility index (Phi) is 4.02. The van der Waals surface area contributed by atoms with Crippen LogP contribution in [0.2, 0.25) is 0 Å². The van der Waals surface area contributed by atoms with Gasteiger partial charge < -0.3 is 10.0 Å². The van der Waals surface area contributed by atoms with Crippen LogP contribution in [0, 0.1) is 0 Å². The number of aliphatic carboxylic acids is 1. The molecule has 1 N–H and O–H groups in total. The van der Waals surface area contributed by atoms with Gasteiger partial charge in [0, 0.05) is 0 Å². The van der Waals surface area contributed by atoms with Gasteiger partial charge in [0.25, 0.3) is 0 Å². The van der Waals surface area contributed by atoms with E-state index in [1.165, 1.54) is 0 Å². The molecule has 0 radical (unpaired) electrons. The first kappa shape index (κ1) is 13.1. The second-order valence-corrected chi connectivity index (χ2v) is 5.09. The second-order valence-electron chi connectivity index (χ2n) is 5.09. The highest BCUT2D eigenvalue weighted by Gasteiger charge is 2.42. The van der Waals surface area contributed by atoms with Crippen LogP contribution in [0.25, 0.3) is 0 Å². The molecule has 1 aliphatic heterocycles. The summed E-state index contributed by atoms with van der Waals surface area (Å²) in [5.74, 6) is -0.676. The van der Waals surface area contributed by atoms with Gasteiger partial charge in [-0.05, 0) is 44.5 Å². The minimum Gasteiger partial charge on any atom is -0.481 e. The molecule has 0 unspecified atom stereocenters. The van der Waals surface area contributed by atoms with E-state index in [9.17, 15) is 9.90 Å². The first-order valence-corrected chi connectivity index (χ1v) is 6.70. The zero-order valence-electron chi connectivity index (χ0n) is 10.9. The molecule has 18 heavy (non-hydrogen) atoms. The molecule has 0 amide bonds. The molecule has 1 aromatic carbocycles. The molecular formula is C15H21NO2. The highest BCUT2D eigenvalue weighted by molar-refractivity contribution is 5.81. The Morgan fingerprint density at radius 1 is 1.28 bits per heavy atom. The Morgan fingerprint density at radius 2 is 1.89 bits per heavy atom. The lowest BCUT2D eigenvalue weighted by Gasteiger charge is -2.39. The highest BCUT2D eigenvalue weighted by atomic mass is 16.4. The molecule has 0 aromatic heterocycles. The minimum absolute atomic E-state index is 0.675. The minimum atomic E-state index is -0.676. The van der Waals surface area contributed by atoms with Gasteiger partial charge >= 0.3 is 5.97 Å². The third-order valence-corrected chi connectivity index (χ3v) is 3.99. The van der Waals surface area contributed by atoms with E-state index in [-0.39, 0.29) is 0 Å². The van der Waals surface area contributed by atoms with E-state index in [1.54, 1.807) is 0 Å². The zero-order chi connectivity index (χ0) is 13.0. The van der Waals surface area contributed by atoms with Gasteiger partial charge in [0.2, 0.25) is 0 Å². The van der Waals surface area contributed by atoms with E-state index in [4.69, 9.17) is 0 Å². The number of nitrogens with zero attached hydrogens (tertiary/aromatic N) is 1. The Hall–Kier alpha value is -1.35. The summed E-state index contributed by atoms with van der Waals surface area (Å²) in [6, 6.07) is 9.69. The number of carbonyl (C=O) groups is 1. The van der Waals surface area contributed by atoms with Crippen molar-refractivity contribution in [1.29, 1.82) is 0 Å². The molecule has 0 saturated carbocycles. The maximum absolute atomic E-state index is 11.7. The Balaban J connectivity index is 2.19. The summed E-state index contributed by atoms with van der Waals surface area (Å²) < 4.78 is 0. The van der Waals surface area contributed by atoms with E-state index >= 15 is 0 Å². The number of carboxylic acids is 1. The fourth-order valence-electron chi connectivity index (χ4n) is 2.86. The Morgan fingerprint density at radius 3 is 2.39 bits per heavy atom. The lowest BCUT2D eigenvalue weighted by Crippen LogP contribution is -2.47. The van der Waals surface area contributed by atoms with E-state index in [1.807, 2.05) is 30.3 Å². The predicted octanol–water partition coefficient (Wildman–Crippen LogP) is 2.51. The largest absolute Gasteiger partial charge is 0.481 e. The number of hydrogen-bond donors (Lipinski definition) is 1. The first-order valence-electron chi connectivity index (χ1n) is 6.70. The quantitative estimate of drug-likeness (QED) is 0.888. The molecule has 0 atom stereocenters. The van der Waals surface area contributed by atoms with Gasteiger partial charge in [0.1, 0.15) is 0 Å². The molecular weight excluding hydrogens is 226 g/mol. The SMILES string of the molecule is CCCN1CCC(C(=O)O)(c2ccccc2)CC1. The van der Waals surface area contributed by atoms with E-state index in [2.05, 4.69) is 11.8 Å². The van der Waals surface area contributed by atoms with Crippen LogP contribution in [-0.2, 0) is 10.2 Å². The van der Waals surface area contributed by atoms with Crippen molar-refractivity contribution in [3.63, 3.8) is 0 Å². The van der Waals surface area contributed by atoms with Crippen molar-refractivity contribution in [2.45, 2.75) is 31.6 Å². The Labute approximate surface area is 108 Å². The molecule has 2 rings (SSSR count). The highest BCUT2D eigenvalue weighted by Crippen LogP contribution is 2.35. The molecule has 0 aliphatic carbocycles. The van der Waals surface area contributed by atoms with Crippen molar-refractivity contribution in [2.24, 2.45) is 0 Å². The van der Waals surface area contributed by atoms with E-state index in [0.717, 1.165) is 31.6 Å². The fraction of sp³-hybridized carbons (Fsp3) is 0.533. The summed E-state index contributed by atoms with van der Waals surface area (Å²) >= 11 is 0. The first-order chi connectivity index (χ1) is 8.69. The summed E-state index contributed by atoms with van der Waals surface area (Å²) in [5.41, 5.74) is 0.277. The lowest BCUT2D eigenvalue weighted by atomic mass is 9.73. The number of carboxylic acid groups (broad SMARTS) is 1. The standard InChI is InChI=1S/C15H21NO2/c1-2-10-16-11-8-15(9-12-16,14(17)18)13-6-4-3-5-7-13/h3-7H,2,8-12H2,1H3,(H,17,18). The zero-order valence-corrected chi connectivity index (χ0v) is 10.9. The van der Waals surface area contributed by atoms with Crippen molar-refractivity contribution in [3.8, 4) is 0 Å². The molecule has 1 aromatic rings. The average molecular weight is 247 g/mol. The van der Waals surface area contributed by atoms with Crippen LogP contribution in [0.1, 0.15) is 31.7 Å². The van der Waals surface area contributed by atoms with Crippen molar-refractivity contribution in [1.82, 2.24) is 4.90 Å². The van der Waals surface area contributed by atoms with Crippen molar-refractivity contribution >= 4 is 5.97 Å². The van der Waals surface area contributed by atoms with Crippen molar-refractivity contribution < 1.29 is 9.90 Å². The van der Waals surface area contributed by atoms with Crippen LogP contribution in [0.5, 0.6) is 0 Å². The Bertz CT molecular complexity index is 394. The van der Waals surface area contributed by atoms with Crippen LogP contribution >= 0.6 is 0 Å². The molecule has 98 valence electrons. The number of piperidine rings is 1. The fourth-order valence-corrected chi connectivity index (χ4v) is 2.86. The average Bonchev–Trinajstić information content (AvgIpc) is 2.41. The van der Waals surface area contributed by atoms with Gasteiger partial charge in [-0.25, -0.2) is 0 Å². The van der Waals surface area contributed by atoms with Gasteiger partial charge in [0.05, 0.1) is 5.41 Å². The summed E-state index contributed by atoms with van der Waals surface area (Å²) in [4.78, 5) is 14.1. The van der Waals surface area contributed by atoms with Crippen LogP contribution < -0.4 is 0 Å². The molecule has 3 nitrogen and oxygen atoms in total. The molecule has 1 heterocycles. The van der Waals surface area contributed by atoms with Crippen molar-refractivity contribution in [2.75, 3.05) is 19.6 Å². The molecule has 1 aliphatic rings. The van der Waals surface area contributed by atoms with Crippen LogP contribution in [0.3, 0.4) is 0 Å². The normalized spacial score (nSPS) is 19.6.